The van der Waals surface area contributed by atoms with E-state index in [-0.39, 0.29) is 11.8 Å². The molecule has 0 radical (unpaired) electrons. The first-order chi connectivity index (χ1) is 13.6. The average Bonchev–Trinajstić information content (AvgIpc) is 3.21. The molecule has 7 nitrogen and oxygen atoms in total. The van der Waals surface area contributed by atoms with Crippen LogP contribution in [0.15, 0.2) is 27.8 Å². The summed E-state index contributed by atoms with van der Waals surface area (Å²) in [7, 11) is 0. The van der Waals surface area contributed by atoms with E-state index >= 15 is 0 Å². The lowest BCUT2D eigenvalue weighted by Gasteiger charge is -2.34. The number of guanidine groups is 1. The van der Waals surface area contributed by atoms with Crippen molar-refractivity contribution in [2.24, 2.45) is 10.9 Å². The van der Waals surface area contributed by atoms with Crippen LogP contribution in [0.2, 0.25) is 0 Å². The van der Waals surface area contributed by atoms with Crippen molar-refractivity contribution in [3.63, 3.8) is 0 Å². The highest BCUT2D eigenvalue weighted by molar-refractivity contribution is 5.80. The summed E-state index contributed by atoms with van der Waals surface area (Å²) in [5, 5.41) is 6.95. The van der Waals surface area contributed by atoms with Crippen molar-refractivity contribution >= 4 is 11.9 Å². The first-order valence-electron chi connectivity index (χ1n) is 10.5. The third kappa shape index (κ3) is 7.92. The lowest BCUT2D eigenvalue weighted by atomic mass is 10.0. The van der Waals surface area contributed by atoms with Gasteiger partial charge < -0.3 is 24.7 Å². The zero-order valence-corrected chi connectivity index (χ0v) is 17.6. The number of rotatable bonds is 10. The molecule has 1 saturated heterocycles. The van der Waals surface area contributed by atoms with Crippen LogP contribution in [0.5, 0.6) is 0 Å². The maximum atomic E-state index is 12.2. The molecule has 2 N–H and O–H groups in total. The summed E-state index contributed by atoms with van der Waals surface area (Å²) in [6.07, 6.45) is 5.29. The number of likely N-dealkylation sites (tertiary alicyclic amines) is 1. The van der Waals surface area contributed by atoms with Crippen LogP contribution in [0.4, 0.5) is 0 Å². The van der Waals surface area contributed by atoms with E-state index in [1.807, 2.05) is 37.8 Å². The van der Waals surface area contributed by atoms with E-state index in [1.165, 1.54) is 0 Å². The predicted octanol–water partition coefficient (Wildman–Crippen LogP) is 2.43. The van der Waals surface area contributed by atoms with Gasteiger partial charge >= 0.3 is 0 Å². The Balaban J connectivity index is 1.80. The summed E-state index contributed by atoms with van der Waals surface area (Å²) in [6, 6.07) is 4.22. The van der Waals surface area contributed by atoms with Crippen molar-refractivity contribution in [1.29, 1.82) is 0 Å². The third-order valence-corrected chi connectivity index (χ3v) is 4.81. The number of piperidine rings is 1. The maximum absolute atomic E-state index is 12.2. The molecular weight excluding hydrogens is 356 g/mol. The summed E-state index contributed by atoms with van der Waals surface area (Å²) in [5.74, 6) is 2.11. The van der Waals surface area contributed by atoms with Gasteiger partial charge in [-0.25, -0.2) is 0 Å². The zero-order valence-electron chi connectivity index (χ0n) is 17.6. The van der Waals surface area contributed by atoms with Gasteiger partial charge in [0.1, 0.15) is 5.76 Å². The molecule has 0 spiro atoms. The molecule has 0 atom stereocenters. The molecule has 28 heavy (non-hydrogen) atoms. The number of nitrogens with one attached hydrogen (secondary N) is 2. The van der Waals surface area contributed by atoms with Crippen molar-refractivity contribution in [2.75, 3.05) is 39.4 Å². The molecule has 158 valence electrons. The minimum atomic E-state index is 0.0650. The third-order valence-electron chi connectivity index (χ3n) is 4.81. The van der Waals surface area contributed by atoms with Crippen molar-refractivity contribution in [1.82, 2.24) is 15.5 Å². The summed E-state index contributed by atoms with van der Waals surface area (Å²) in [5.41, 5.74) is 0. The Morgan fingerprint density at radius 1 is 1.39 bits per heavy atom. The molecule has 1 fully saturated rings. The van der Waals surface area contributed by atoms with Crippen LogP contribution < -0.4 is 10.6 Å². The second-order valence-corrected chi connectivity index (χ2v) is 7.44. The smallest absolute Gasteiger partial charge is 0.225 e. The Morgan fingerprint density at radius 3 is 2.82 bits per heavy atom. The first kappa shape index (κ1) is 22.3. The normalized spacial score (nSPS) is 15.9. The van der Waals surface area contributed by atoms with Gasteiger partial charge in [0.05, 0.1) is 6.26 Å². The lowest BCUT2D eigenvalue weighted by molar-refractivity contribution is -0.135. The van der Waals surface area contributed by atoms with Gasteiger partial charge in [0.15, 0.2) is 5.96 Å². The number of carbonyl (C=O) groups is 1. The van der Waals surface area contributed by atoms with E-state index in [1.54, 1.807) is 6.26 Å². The van der Waals surface area contributed by atoms with Crippen LogP contribution in [-0.2, 0) is 16.0 Å². The second kappa shape index (κ2) is 12.4. The largest absolute Gasteiger partial charge is 0.469 e. The molecule has 1 aromatic rings. The van der Waals surface area contributed by atoms with Gasteiger partial charge in [-0.15, -0.1) is 0 Å². The number of furan rings is 1. The van der Waals surface area contributed by atoms with Crippen LogP contribution in [0.1, 0.15) is 45.8 Å². The van der Waals surface area contributed by atoms with E-state index < -0.39 is 0 Å². The van der Waals surface area contributed by atoms with E-state index in [9.17, 15) is 4.79 Å². The molecule has 7 heteroatoms. The fraction of sp³-hybridized carbons (Fsp3) is 0.714. The highest BCUT2D eigenvalue weighted by Gasteiger charge is 2.24. The SMILES string of the molecule is CCOCCCN=C(NCCc1ccco1)NC1CCN(C(=O)C(C)C)CC1. The van der Waals surface area contributed by atoms with Crippen LogP contribution in [-0.4, -0.2) is 62.2 Å². The first-order valence-corrected chi connectivity index (χ1v) is 10.5. The van der Waals surface area contributed by atoms with E-state index in [4.69, 9.17) is 14.1 Å². The fourth-order valence-electron chi connectivity index (χ4n) is 3.22. The van der Waals surface area contributed by atoms with Crippen LogP contribution in [0.25, 0.3) is 0 Å². The van der Waals surface area contributed by atoms with Crippen molar-refractivity contribution in [2.45, 2.75) is 52.5 Å². The molecule has 0 saturated carbocycles. The molecule has 0 aromatic carbocycles. The number of hydrogen-bond donors (Lipinski definition) is 2. The standard InChI is InChI=1S/C21H36N4O3/c1-4-27-15-6-11-22-21(23-12-8-19-7-5-16-28-19)24-18-9-13-25(14-10-18)20(26)17(2)3/h5,7,16-18H,4,6,8-15H2,1-3H3,(H2,22,23,24). The van der Waals surface area contributed by atoms with E-state index in [0.29, 0.717) is 6.04 Å². The van der Waals surface area contributed by atoms with E-state index in [0.717, 1.165) is 76.8 Å². The monoisotopic (exact) mass is 392 g/mol. The molecule has 1 aliphatic rings. The van der Waals surface area contributed by atoms with E-state index in [2.05, 4.69) is 10.6 Å². The molecule has 1 aliphatic heterocycles. The highest BCUT2D eigenvalue weighted by atomic mass is 16.5. The number of nitrogens with zero attached hydrogens (tertiary/aromatic N) is 2. The predicted molar refractivity (Wildman–Crippen MR) is 111 cm³/mol. The van der Waals surface area contributed by atoms with Gasteiger partial charge in [-0.1, -0.05) is 13.8 Å². The number of amides is 1. The molecule has 2 heterocycles. The number of carbonyl (C=O) groups excluding carboxylic acids is 1. The zero-order chi connectivity index (χ0) is 20.2. The van der Waals surface area contributed by atoms with Crippen LogP contribution in [0.3, 0.4) is 0 Å². The average molecular weight is 393 g/mol. The molecule has 0 aliphatic carbocycles. The number of aliphatic imine (C=N–C) groups is 1. The summed E-state index contributed by atoms with van der Waals surface area (Å²) >= 11 is 0. The molecule has 2 rings (SSSR count). The van der Waals surface area contributed by atoms with Crippen molar-refractivity contribution in [3.05, 3.63) is 24.2 Å². The topological polar surface area (TPSA) is 79.1 Å². The minimum absolute atomic E-state index is 0.0650. The van der Waals surface area contributed by atoms with Crippen LogP contribution >= 0.6 is 0 Å². The molecular formula is C21H36N4O3. The maximum Gasteiger partial charge on any atom is 0.225 e. The summed E-state index contributed by atoms with van der Waals surface area (Å²) in [4.78, 5) is 18.8. The van der Waals surface area contributed by atoms with Gasteiger partial charge in [-0.3, -0.25) is 9.79 Å². The summed E-state index contributed by atoms with van der Waals surface area (Å²) < 4.78 is 10.8. The van der Waals surface area contributed by atoms with Gasteiger partial charge in [0, 0.05) is 57.8 Å². The van der Waals surface area contributed by atoms with Gasteiger partial charge in [-0.05, 0) is 38.3 Å². The molecule has 1 amide bonds. The van der Waals surface area contributed by atoms with Gasteiger partial charge in [-0.2, -0.15) is 0 Å². The van der Waals surface area contributed by atoms with Crippen molar-refractivity contribution in [3.8, 4) is 0 Å². The quantitative estimate of drug-likeness (QED) is 0.363. The van der Waals surface area contributed by atoms with Crippen molar-refractivity contribution < 1.29 is 13.9 Å². The lowest BCUT2D eigenvalue weighted by Crippen LogP contribution is -2.50. The summed E-state index contributed by atoms with van der Waals surface area (Å²) in [6.45, 7) is 10.5. The Morgan fingerprint density at radius 2 is 2.18 bits per heavy atom. The second-order valence-electron chi connectivity index (χ2n) is 7.44. The highest BCUT2D eigenvalue weighted by Crippen LogP contribution is 2.13. The van der Waals surface area contributed by atoms with Crippen LogP contribution in [0, 0.1) is 5.92 Å². The molecule has 0 unspecified atom stereocenters. The number of hydrogen-bond acceptors (Lipinski definition) is 4. The minimum Gasteiger partial charge on any atom is -0.469 e. The number of ether oxygens (including phenoxy) is 1. The Hall–Kier alpha value is -2.02. The van der Waals surface area contributed by atoms with Gasteiger partial charge in [0.25, 0.3) is 0 Å². The Bertz CT molecular complexity index is 578. The Kier molecular flexibility index (Phi) is 9.90. The molecule has 1 aromatic heterocycles. The fourth-order valence-corrected chi connectivity index (χ4v) is 3.22. The van der Waals surface area contributed by atoms with Gasteiger partial charge in [0.2, 0.25) is 5.91 Å². The Labute approximate surface area is 168 Å². The molecule has 0 bridgehead atoms.